The fourth-order valence-electron chi connectivity index (χ4n) is 3.28. The van der Waals surface area contributed by atoms with Crippen LogP contribution >= 0.6 is 11.3 Å². The van der Waals surface area contributed by atoms with Crippen molar-refractivity contribution in [2.24, 2.45) is 5.92 Å². The van der Waals surface area contributed by atoms with E-state index in [0.717, 1.165) is 18.5 Å². The van der Waals surface area contributed by atoms with Crippen molar-refractivity contribution in [3.8, 4) is 0 Å². The lowest BCUT2D eigenvalue weighted by molar-refractivity contribution is 0.0956. The molecule has 0 atom stereocenters. The summed E-state index contributed by atoms with van der Waals surface area (Å²) in [6, 6.07) is 7.03. The van der Waals surface area contributed by atoms with Gasteiger partial charge in [-0.2, -0.15) is 0 Å². The SMILES string of the molecule is CCNC(=O)c1cccc(N(CC2CCCC2)C(=O)Nc2nccs2)c1. The maximum Gasteiger partial charge on any atom is 0.328 e. The molecular weight excluding hydrogens is 348 g/mol. The van der Waals surface area contributed by atoms with Crippen LogP contribution in [0.4, 0.5) is 15.6 Å². The minimum Gasteiger partial charge on any atom is -0.352 e. The Morgan fingerprint density at radius 3 is 2.81 bits per heavy atom. The maximum absolute atomic E-state index is 12.9. The lowest BCUT2D eigenvalue weighted by Crippen LogP contribution is -2.38. The second-order valence-corrected chi connectivity index (χ2v) is 7.33. The quantitative estimate of drug-likeness (QED) is 0.801. The summed E-state index contributed by atoms with van der Waals surface area (Å²) in [6.07, 6.45) is 6.36. The third-order valence-corrected chi connectivity index (χ3v) is 5.25. The summed E-state index contributed by atoms with van der Waals surface area (Å²) in [5.41, 5.74) is 1.29. The number of urea groups is 1. The van der Waals surface area contributed by atoms with E-state index in [4.69, 9.17) is 0 Å². The molecule has 3 rings (SSSR count). The smallest absolute Gasteiger partial charge is 0.328 e. The average Bonchev–Trinajstić information content (AvgIpc) is 3.34. The highest BCUT2D eigenvalue weighted by atomic mass is 32.1. The average molecular weight is 372 g/mol. The van der Waals surface area contributed by atoms with E-state index in [0.29, 0.717) is 29.7 Å². The van der Waals surface area contributed by atoms with Crippen LogP contribution in [0.2, 0.25) is 0 Å². The Morgan fingerprint density at radius 2 is 2.12 bits per heavy atom. The molecule has 2 N–H and O–H groups in total. The van der Waals surface area contributed by atoms with Crippen molar-refractivity contribution in [2.45, 2.75) is 32.6 Å². The van der Waals surface area contributed by atoms with Crippen LogP contribution in [0.15, 0.2) is 35.8 Å². The van der Waals surface area contributed by atoms with Gasteiger partial charge >= 0.3 is 6.03 Å². The van der Waals surface area contributed by atoms with Gasteiger partial charge in [-0.15, -0.1) is 11.3 Å². The molecule has 0 unspecified atom stereocenters. The summed E-state index contributed by atoms with van der Waals surface area (Å²) in [4.78, 5) is 30.9. The zero-order chi connectivity index (χ0) is 18.4. The number of aromatic nitrogens is 1. The predicted octanol–water partition coefficient (Wildman–Crippen LogP) is 4.12. The molecule has 1 fully saturated rings. The molecule has 138 valence electrons. The zero-order valence-electron chi connectivity index (χ0n) is 14.9. The monoisotopic (exact) mass is 372 g/mol. The lowest BCUT2D eigenvalue weighted by atomic mass is 10.1. The number of carbonyl (C=O) groups is 2. The molecule has 0 saturated heterocycles. The van der Waals surface area contributed by atoms with Gasteiger partial charge in [-0.3, -0.25) is 15.0 Å². The van der Waals surface area contributed by atoms with E-state index in [1.54, 1.807) is 23.2 Å². The largest absolute Gasteiger partial charge is 0.352 e. The Balaban J connectivity index is 1.83. The molecular formula is C19H24N4O2S. The van der Waals surface area contributed by atoms with Crippen LogP contribution in [0.1, 0.15) is 43.0 Å². The van der Waals surface area contributed by atoms with Crippen LogP contribution in [0.25, 0.3) is 0 Å². The van der Waals surface area contributed by atoms with Gasteiger partial charge in [0.1, 0.15) is 0 Å². The van der Waals surface area contributed by atoms with Crippen molar-refractivity contribution in [3.63, 3.8) is 0 Å². The van der Waals surface area contributed by atoms with Gasteiger partial charge in [0.2, 0.25) is 0 Å². The molecule has 0 radical (unpaired) electrons. The highest BCUT2D eigenvalue weighted by molar-refractivity contribution is 7.13. The van der Waals surface area contributed by atoms with E-state index in [9.17, 15) is 9.59 Å². The highest BCUT2D eigenvalue weighted by Crippen LogP contribution is 2.28. The van der Waals surface area contributed by atoms with Crippen LogP contribution in [0, 0.1) is 5.92 Å². The lowest BCUT2D eigenvalue weighted by Gasteiger charge is -2.26. The van der Waals surface area contributed by atoms with Gasteiger partial charge in [-0.1, -0.05) is 18.9 Å². The summed E-state index contributed by atoms with van der Waals surface area (Å²) in [5, 5.41) is 8.06. The molecule has 0 aliphatic heterocycles. The minimum absolute atomic E-state index is 0.129. The van der Waals surface area contributed by atoms with Crippen molar-refractivity contribution in [1.29, 1.82) is 0 Å². The number of carbonyl (C=O) groups excluding carboxylic acids is 2. The van der Waals surface area contributed by atoms with Gasteiger partial charge in [-0.05, 0) is 43.9 Å². The molecule has 1 aromatic carbocycles. The molecule has 1 aliphatic carbocycles. The molecule has 7 heteroatoms. The van der Waals surface area contributed by atoms with Gasteiger partial charge in [0.15, 0.2) is 5.13 Å². The number of nitrogens with zero attached hydrogens (tertiary/aromatic N) is 2. The Kier molecular flexibility index (Phi) is 6.22. The second kappa shape index (κ2) is 8.80. The van der Waals surface area contributed by atoms with E-state index in [-0.39, 0.29) is 11.9 Å². The van der Waals surface area contributed by atoms with E-state index >= 15 is 0 Å². The van der Waals surface area contributed by atoms with Crippen LogP contribution < -0.4 is 15.5 Å². The summed E-state index contributed by atoms with van der Waals surface area (Å²) in [5.74, 6) is 0.362. The normalized spacial score (nSPS) is 14.2. The fourth-order valence-corrected chi connectivity index (χ4v) is 3.80. The van der Waals surface area contributed by atoms with E-state index in [2.05, 4.69) is 15.6 Å². The van der Waals surface area contributed by atoms with Crippen molar-refractivity contribution < 1.29 is 9.59 Å². The molecule has 1 heterocycles. The molecule has 0 spiro atoms. The highest BCUT2D eigenvalue weighted by Gasteiger charge is 2.24. The third kappa shape index (κ3) is 4.60. The Labute approximate surface area is 157 Å². The van der Waals surface area contributed by atoms with Crippen LogP contribution in [0.5, 0.6) is 0 Å². The number of nitrogens with one attached hydrogen (secondary N) is 2. The van der Waals surface area contributed by atoms with Gasteiger partial charge in [0.25, 0.3) is 5.91 Å². The van der Waals surface area contributed by atoms with E-state index in [1.165, 1.54) is 24.2 Å². The van der Waals surface area contributed by atoms with Crippen molar-refractivity contribution in [1.82, 2.24) is 10.3 Å². The van der Waals surface area contributed by atoms with Crippen LogP contribution in [-0.4, -0.2) is 30.0 Å². The van der Waals surface area contributed by atoms with Gasteiger partial charge in [0, 0.05) is 35.9 Å². The van der Waals surface area contributed by atoms with Crippen LogP contribution in [-0.2, 0) is 0 Å². The number of thiazole rings is 1. The topological polar surface area (TPSA) is 74.3 Å². The summed E-state index contributed by atoms with van der Waals surface area (Å²) >= 11 is 1.39. The molecule has 2 aromatic rings. The first-order chi connectivity index (χ1) is 12.7. The van der Waals surface area contributed by atoms with Crippen molar-refractivity contribution in [3.05, 3.63) is 41.4 Å². The Morgan fingerprint density at radius 1 is 1.31 bits per heavy atom. The standard InChI is InChI=1S/C19H24N4O2S/c1-2-20-17(24)15-8-5-9-16(12-15)23(13-14-6-3-4-7-14)19(25)22-18-21-10-11-26-18/h5,8-12,14H,2-4,6-7,13H2,1H3,(H,20,24)(H,21,22,25). The molecule has 3 amide bonds. The number of hydrogen-bond acceptors (Lipinski definition) is 4. The number of rotatable bonds is 6. The molecule has 1 aromatic heterocycles. The van der Waals surface area contributed by atoms with Crippen molar-refractivity contribution in [2.75, 3.05) is 23.3 Å². The number of anilines is 2. The first-order valence-corrected chi connectivity index (χ1v) is 9.91. The van der Waals surface area contributed by atoms with Gasteiger partial charge in [0.05, 0.1) is 0 Å². The Hall–Kier alpha value is -2.41. The van der Waals surface area contributed by atoms with E-state index in [1.807, 2.05) is 24.4 Å². The van der Waals surface area contributed by atoms with Gasteiger partial charge in [-0.25, -0.2) is 9.78 Å². The van der Waals surface area contributed by atoms with Crippen molar-refractivity contribution >= 4 is 34.1 Å². The first-order valence-electron chi connectivity index (χ1n) is 9.03. The number of amides is 3. The molecule has 1 saturated carbocycles. The maximum atomic E-state index is 12.9. The third-order valence-electron chi connectivity index (χ3n) is 4.56. The second-order valence-electron chi connectivity index (χ2n) is 6.44. The number of hydrogen-bond donors (Lipinski definition) is 2. The molecule has 26 heavy (non-hydrogen) atoms. The van der Waals surface area contributed by atoms with Gasteiger partial charge < -0.3 is 5.32 Å². The zero-order valence-corrected chi connectivity index (χ0v) is 15.7. The molecule has 6 nitrogen and oxygen atoms in total. The summed E-state index contributed by atoms with van der Waals surface area (Å²) in [6.45, 7) is 3.10. The summed E-state index contributed by atoms with van der Waals surface area (Å²) < 4.78 is 0. The Bertz CT molecular complexity index is 742. The first kappa shape index (κ1) is 18.4. The predicted molar refractivity (Wildman–Crippen MR) is 105 cm³/mol. The van der Waals surface area contributed by atoms with E-state index < -0.39 is 0 Å². The molecule has 0 bridgehead atoms. The fraction of sp³-hybridized carbons (Fsp3) is 0.421. The summed E-state index contributed by atoms with van der Waals surface area (Å²) in [7, 11) is 0. The van der Waals surface area contributed by atoms with Crippen LogP contribution in [0.3, 0.4) is 0 Å². The number of benzene rings is 1. The molecule has 1 aliphatic rings. The minimum atomic E-state index is -0.208.